The summed E-state index contributed by atoms with van der Waals surface area (Å²) in [7, 11) is 3.54. The van der Waals surface area contributed by atoms with E-state index in [-0.39, 0.29) is 23.6 Å². The number of aryl methyl sites for hydroxylation is 2. The highest BCUT2D eigenvalue weighted by Crippen LogP contribution is 2.27. The van der Waals surface area contributed by atoms with Gasteiger partial charge in [-0.05, 0) is 38.0 Å². The van der Waals surface area contributed by atoms with E-state index in [0.29, 0.717) is 25.9 Å². The maximum absolute atomic E-state index is 13.0. The molecule has 3 heterocycles. The van der Waals surface area contributed by atoms with E-state index in [0.717, 1.165) is 34.9 Å². The highest BCUT2D eigenvalue weighted by atomic mass is 19.4. The number of carbonyl (C=O) groups excluding carboxylic acids is 1. The molecule has 1 aromatic heterocycles. The first-order chi connectivity index (χ1) is 15.6. The normalized spacial score (nSPS) is 20.9. The Kier molecular flexibility index (Phi) is 6.24. The van der Waals surface area contributed by atoms with Gasteiger partial charge >= 0.3 is 6.36 Å². The number of hydrogen-bond donors (Lipinski definition) is 0. The van der Waals surface area contributed by atoms with Crippen LogP contribution in [0, 0.1) is 6.92 Å². The number of ether oxygens (including phenoxy) is 2. The molecule has 2 aliphatic heterocycles. The molecule has 0 bridgehead atoms. The number of halogens is 3. The molecule has 2 aromatic rings. The summed E-state index contributed by atoms with van der Waals surface area (Å²) in [6.45, 7) is 2.35. The van der Waals surface area contributed by atoms with Crippen LogP contribution in [-0.4, -0.2) is 63.9 Å². The van der Waals surface area contributed by atoms with E-state index in [4.69, 9.17) is 4.74 Å². The van der Waals surface area contributed by atoms with Gasteiger partial charge in [-0.25, -0.2) is 4.98 Å². The summed E-state index contributed by atoms with van der Waals surface area (Å²) in [4.78, 5) is 18.8. The molecule has 0 radical (unpaired) electrons. The third-order valence-corrected chi connectivity index (χ3v) is 5.85. The zero-order valence-corrected chi connectivity index (χ0v) is 18.5. The zero-order chi connectivity index (χ0) is 23.8. The molecule has 1 amide bonds. The second-order valence-electron chi connectivity index (χ2n) is 8.13. The molecule has 0 N–H and O–H groups in total. The summed E-state index contributed by atoms with van der Waals surface area (Å²) in [6.07, 6.45) is -1.72. The van der Waals surface area contributed by atoms with E-state index in [1.165, 1.54) is 12.1 Å². The lowest BCUT2D eigenvalue weighted by molar-refractivity contribution is -0.274. The Hall–Kier alpha value is -3.21. The minimum absolute atomic E-state index is 0.123. The third-order valence-electron chi connectivity index (χ3n) is 5.85. The average Bonchev–Trinajstić information content (AvgIpc) is 3.38. The molecule has 11 heteroatoms. The average molecular weight is 463 g/mol. The number of aromatic nitrogens is 2. The van der Waals surface area contributed by atoms with Crippen LogP contribution in [0.15, 0.2) is 40.8 Å². The van der Waals surface area contributed by atoms with Crippen molar-refractivity contribution in [1.29, 1.82) is 0 Å². The predicted octanol–water partition coefficient (Wildman–Crippen LogP) is 3.50. The molecular weight excluding hydrogens is 439 g/mol. The maximum Gasteiger partial charge on any atom is 0.573 e. The summed E-state index contributed by atoms with van der Waals surface area (Å²) < 4.78 is 49.3. The molecule has 1 saturated heterocycles. The minimum atomic E-state index is -4.82. The number of benzene rings is 1. The van der Waals surface area contributed by atoms with Crippen LogP contribution in [-0.2, 0) is 11.8 Å². The lowest BCUT2D eigenvalue weighted by Crippen LogP contribution is -2.45. The predicted molar refractivity (Wildman–Crippen MR) is 115 cm³/mol. The Morgan fingerprint density at radius 3 is 2.79 bits per heavy atom. The van der Waals surface area contributed by atoms with E-state index < -0.39 is 12.1 Å². The number of imidazole rings is 1. The molecule has 1 aromatic carbocycles. The Balaban J connectivity index is 1.41. The lowest BCUT2D eigenvalue weighted by atomic mass is 9.95. The molecule has 2 aliphatic rings. The fraction of sp³-hybridized carbons (Fsp3) is 0.455. The van der Waals surface area contributed by atoms with Crippen molar-refractivity contribution in [2.45, 2.75) is 44.7 Å². The number of carbonyl (C=O) groups is 1. The lowest BCUT2D eigenvalue weighted by Gasteiger charge is -2.35. The van der Waals surface area contributed by atoms with Crippen molar-refractivity contribution < 1.29 is 27.4 Å². The Morgan fingerprint density at radius 1 is 1.30 bits per heavy atom. The van der Waals surface area contributed by atoms with Crippen LogP contribution in [0.4, 0.5) is 13.2 Å². The molecule has 1 fully saturated rings. The Bertz CT molecular complexity index is 1090. The van der Waals surface area contributed by atoms with Crippen LogP contribution >= 0.6 is 0 Å². The molecule has 0 saturated carbocycles. The van der Waals surface area contributed by atoms with E-state index in [1.54, 1.807) is 18.3 Å². The number of alkyl halides is 3. The van der Waals surface area contributed by atoms with E-state index in [2.05, 4.69) is 19.9 Å². The summed E-state index contributed by atoms with van der Waals surface area (Å²) in [5, 5.41) is 8.66. The van der Waals surface area contributed by atoms with Gasteiger partial charge in [0.15, 0.2) is 0 Å². The summed E-state index contributed by atoms with van der Waals surface area (Å²) >= 11 is 0. The first kappa shape index (κ1) is 23.0. The van der Waals surface area contributed by atoms with Crippen molar-refractivity contribution in [3.05, 3.63) is 47.5 Å². The third kappa shape index (κ3) is 5.08. The molecule has 33 heavy (non-hydrogen) atoms. The molecule has 0 spiro atoms. The number of rotatable bonds is 5. The molecule has 0 aliphatic carbocycles. The summed E-state index contributed by atoms with van der Waals surface area (Å²) in [6, 6.07) is 4.93. The van der Waals surface area contributed by atoms with Gasteiger partial charge in [-0.15, -0.1) is 13.2 Å². The molecular formula is C22H24F3N5O3. The zero-order valence-electron chi connectivity index (χ0n) is 18.5. The maximum atomic E-state index is 13.0. The van der Waals surface area contributed by atoms with Gasteiger partial charge in [0.05, 0.1) is 35.2 Å². The van der Waals surface area contributed by atoms with Gasteiger partial charge in [-0.2, -0.15) is 10.2 Å². The SMILES string of the molecule is Cc1ncn(C)c1C1=NN=C([C@@H]2C[C@H](N(C)C(=O)c3cccc(OC(F)(F)F)c3)CCO2)C1. The summed E-state index contributed by atoms with van der Waals surface area (Å²) in [5.74, 6) is -0.814. The van der Waals surface area contributed by atoms with Gasteiger partial charge in [-0.3, -0.25) is 4.79 Å². The van der Waals surface area contributed by atoms with Crippen molar-refractivity contribution in [3.63, 3.8) is 0 Å². The van der Waals surface area contributed by atoms with Crippen LogP contribution in [0.3, 0.4) is 0 Å². The van der Waals surface area contributed by atoms with E-state index >= 15 is 0 Å². The van der Waals surface area contributed by atoms with Crippen molar-refractivity contribution in [2.75, 3.05) is 13.7 Å². The van der Waals surface area contributed by atoms with Gasteiger partial charge in [0, 0.05) is 38.7 Å². The smallest absolute Gasteiger partial charge is 0.406 e. The van der Waals surface area contributed by atoms with Gasteiger partial charge in [0.1, 0.15) is 5.75 Å². The van der Waals surface area contributed by atoms with Crippen molar-refractivity contribution in [1.82, 2.24) is 14.5 Å². The molecule has 176 valence electrons. The van der Waals surface area contributed by atoms with Gasteiger partial charge in [-0.1, -0.05) is 6.07 Å². The first-order valence-corrected chi connectivity index (χ1v) is 10.5. The summed E-state index contributed by atoms with van der Waals surface area (Å²) in [5.41, 5.74) is 3.53. The Morgan fingerprint density at radius 2 is 2.09 bits per heavy atom. The number of amides is 1. The second-order valence-corrected chi connectivity index (χ2v) is 8.13. The minimum Gasteiger partial charge on any atom is -0.406 e. The highest BCUT2D eigenvalue weighted by Gasteiger charge is 2.34. The van der Waals surface area contributed by atoms with E-state index in [9.17, 15) is 18.0 Å². The van der Waals surface area contributed by atoms with Gasteiger partial charge in [0.25, 0.3) is 5.91 Å². The largest absolute Gasteiger partial charge is 0.573 e. The quantitative estimate of drug-likeness (QED) is 0.680. The van der Waals surface area contributed by atoms with E-state index in [1.807, 2.05) is 18.5 Å². The van der Waals surface area contributed by atoms with Crippen molar-refractivity contribution in [3.8, 4) is 5.75 Å². The topological polar surface area (TPSA) is 81.3 Å². The second kappa shape index (κ2) is 8.97. The van der Waals surface area contributed by atoms with Gasteiger partial charge < -0.3 is 18.9 Å². The molecule has 4 rings (SSSR count). The van der Waals surface area contributed by atoms with Crippen molar-refractivity contribution >= 4 is 17.3 Å². The standard InChI is InChI=1S/C22H24F3N5O3/c1-13-20(29(2)12-26-13)18-11-17(27-28-18)19-10-15(7-8-32-19)30(3)21(31)14-5-4-6-16(9-14)33-22(23,24)25/h4-6,9,12,15,19H,7-8,10-11H2,1-3H3/t15-,19+/m1/s1. The van der Waals surface area contributed by atoms with Crippen LogP contribution in [0.25, 0.3) is 0 Å². The number of hydrogen-bond acceptors (Lipinski definition) is 6. The monoisotopic (exact) mass is 463 g/mol. The van der Waals surface area contributed by atoms with Crippen molar-refractivity contribution in [2.24, 2.45) is 17.3 Å². The van der Waals surface area contributed by atoms with Crippen LogP contribution in [0.1, 0.15) is 41.0 Å². The van der Waals surface area contributed by atoms with Crippen LogP contribution in [0.5, 0.6) is 5.75 Å². The Labute approximate surface area is 188 Å². The van der Waals surface area contributed by atoms with Gasteiger partial charge in [0.2, 0.25) is 0 Å². The molecule has 2 atom stereocenters. The fourth-order valence-electron chi connectivity index (χ4n) is 4.19. The molecule has 8 nitrogen and oxygen atoms in total. The fourth-order valence-corrected chi connectivity index (χ4v) is 4.19. The first-order valence-electron chi connectivity index (χ1n) is 10.5. The highest BCUT2D eigenvalue weighted by molar-refractivity contribution is 6.16. The number of nitrogens with zero attached hydrogens (tertiary/aromatic N) is 5. The van der Waals surface area contributed by atoms with Crippen LogP contribution < -0.4 is 4.74 Å². The van der Waals surface area contributed by atoms with Crippen LogP contribution in [0.2, 0.25) is 0 Å². The molecule has 0 unspecified atom stereocenters.